The highest BCUT2D eigenvalue weighted by Crippen LogP contribution is 2.20. The minimum absolute atomic E-state index is 0.625. The summed E-state index contributed by atoms with van der Waals surface area (Å²) in [4.78, 5) is 10.7. The first kappa shape index (κ1) is 9.02. The number of hydrogen-bond donors (Lipinski definition) is 3. The number of aryl methyl sites for hydroxylation is 1. The Balaban J connectivity index is 2.35. The molecule has 4 heteroatoms. The predicted octanol–water partition coefficient (Wildman–Crippen LogP) is 1.21. The fourth-order valence-corrected chi connectivity index (χ4v) is 1.53. The number of nitrogens with two attached hydrogens (primary N) is 1. The molecule has 0 radical (unpaired) electrons. The van der Waals surface area contributed by atoms with E-state index in [2.05, 4.69) is 15.0 Å². The summed E-state index contributed by atoms with van der Waals surface area (Å²) in [6.45, 7) is 2.65. The SMILES string of the molecule is Cc1[nH]c(CCN)nc1-c1cc[nH]c1. The topological polar surface area (TPSA) is 70.5 Å². The van der Waals surface area contributed by atoms with Crippen LogP contribution in [0.15, 0.2) is 18.5 Å². The van der Waals surface area contributed by atoms with Gasteiger partial charge in [0, 0.05) is 30.1 Å². The Morgan fingerprint density at radius 2 is 2.36 bits per heavy atom. The Bertz CT molecular complexity index is 400. The Hall–Kier alpha value is -1.55. The fraction of sp³-hybridized carbons (Fsp3) is 0.300. The van der Waals surface area contributed by atoms with Crippen molar-refractivity contribution in [2.45, 2.75) is 13.3 Å². The summed E-state index contributed by atoms with van der Waals surface area (Å²) in [6, 6.07) is 2.01. The number of nitrogens with one attached hydrogen (secondary N) is 2. The zero-order chi connectivity index (χ0) is 9.97. The number of aromatic nitrogens is 3. The van der Waals surface area contributed by atoms with Gasteiger partial charge < -0.3 is 15.7 Å². The van der Waals surface area contributed by atoms with Gasteiger partial charge in [-0.1, -0.05) is 0 Å². The lowest BCUT2D eigenvalue weighted by molar-refractivity contribution is 0.891. The Morgan fingerprint density at radius 1 is 1.50 bits per heavy atom. The molecule has 2 rings (SSSR count). The van der Waals surface area contributed by atoms with Crippen molar-refractivity contribution < 1.29 is 0 Å². The molecule has 2 aromatic rings. The molecule has 0 bridgehead atoms. The second-order valence-electron chi connectivity index (χ2n) is 3.30. The molecule has 0 saturated carbocycles. The van der Waals surface area contributed by atoms with Gasteiger partial charge in [0.2, 0.25) is 0 Å². The van der Waals surface area contributed by atoms with E-state index >= 15 is 0 Å². The van der Waals surface area contributed by atoms with E-state index in [1.54, 1.807) is 0 Å². The summed E-state index contributed by atoms with van der Waals surface area (Å²) in [7, 11) is 0. The van der Waals surface area contributed by atoms with Crippen molar-refractivity contribution >= 4 is 0 Å². The van der Waals surface area contributed by atoms with E-state index < -0.39 is 0 Å². The van der Waals surface area contributed by atoms with E-state index in [4.69, 9.17) is 5.73 Å². The van der Waals surface area contributed by atoms with Gasteiger partial charge in [-0.3, -0.25) is 0 Å². The second kappa shape index (κ2) is 3.67. The average molecular weight is 190 g/mol. The molecule has 0 saturated heterocycles. The van der Waals surface area contributed by atoms with E-state index in [1.165, 1.54) is 0 Å². The van der Waals surface area contributed by atoms with Crippen LogP contribution < -0.4 is 5.73 Å². The minimum atomic E-state index is 0.625. The standard InChI is InChI=1S/C10H14N4/c1-7-10(8-3-5-12-6-8)14-9(13-7)2-4-11/h3,5-6,12H,2,4,11H2,1H3,(H,13,14). The molecule has 4 N–H and O–H groups in total. The molecule has 2 aromatic heterocycles. The summed E-state index contributed by atoms with van der Waals surface area (Å²) in [5.74, 6) is 0.959. The van der Waals surface area contributed by atoms with Crippen LogP contribution in [0.5, 0.6) is 0 Å². The predicted molar refractivity (Wildman–Crippen MR) is 55.9 cm³/mol. The highest BCUT2D eigenvalue weighted by Gasteiger charge is 2.08. The first-order valence-corrected chi connectivity index (χ1v) is 4.70. The van der Waals surface area contributed by atoms with Gasteiger partial charge in [0.25, 0.3) is 0 Å². The minimum Gasteiger partial charge on any atom is -0.367 e. The van der Waals surface area contributed by atoms with Crippen molar-refractivity contribution in [2.24, 2.45) is 5.73 Å². The number of H-pyrrole nitrogens is 2. The van der Waals surface area contributed by atoms with Crippen molar-refractivity contribution in [3.63, 3.8) is 0 Å². The summed E-state index contributed by atoms with van der Waals surface area (Å²) < 4.78 is 0. The van der Waals surface area contributed by atoms with Crippen LogP contribution in [0.25, 0.3) is 11.3 Å². The molecule has 14 heavy (non-hydrogen) atoms. The molecule has 0 aromatic carbocycles. The first-order chi connectivity index (χ1) is 6.81. The molecule has 0 aliphatic heterocycles. The molecule has 0 aliphatic carbocycles. The fourth-order valence-electron chi connectivity index (χ4n) is 1.53. The molecule has 0 unspecified atom stereocenters. The van der Waals surface area contributed by atoms with Crippen molar-refractivity contribution in [1.29, 1.82) is 0 Å². The molecule has 0 atom stereocenters. The van der Waals surface area contributed by atoms with Crippen LogP contribution in [-0.4, -0.2) is 21.5 Å². The Morgan fingerprint density at radius 3 is 3.00 bits per heavy atom. The quantitative estimate of drug-likeness (QED) is 0.681. The molecule has 4 nitrogen and oxygen atoms in total. The van der Waals surface area contributed by atoms with Crippen LogP contribution in [-0.2, 0) is 6.42 Å². The lowest BCUT2D eigenvalue weighted by Crippen LogP contribution is -2.03. The molecular formula is C10H14N4. The van der Waals surface area contributed by atoms with Crippen molar-refractivity contribution in [3.05, 3.63) is 30.0 Å². The third-order valence-corrected chi connectivity index (χ3v) is 2.19. The van der Waals surface area contributed by atoms with Gasteiger partial charge in [0.05, 0.1) is 5.69 Å². The number of rotatable bonds is 3. The largest absolute Gasteiger partial charge is 0.367 e. The molecule has 2 heterocycles. The monoisotopic (exact) mass is 190 g/mol. The highest BCUT2D eigenvalue weighted by molar-refractivity contribution is 5.60. The van der Waals surface area contributed by atoms with Gasteiger partial charge in [-0.25, -0.2) is 4.98 Å². The number of nitrogens with zero attached hydrogens (tertiary/aromatic N) is 1. The van der Waals surface area contributed by atoms with Crippen molar-refractivity contribution in [1.82, 2.24) is 15.0 Å². The average Bonchev–Trinajstić information content (AvgIpc) is 2.74. The zero-order valence-corrected chi connectivity index (χ0v) is 8.17. The van der Waals surface area contributed by atoms with Gasteiger partial charge in [0.1, 0.15) is 5.82 Å². The van der Waals surface area contributed by atoms with E-state index in [0.29, 0.717) is 6.54 Å². The molecule has 74 valence electrons. The highest BCUT2D eigenvalue weighted by atomic mass is 14.9. The van der Waals surface area contributed by atoms with Gasteiger partial charge in [-0.05, 0) is 19.5 Å². The van der Waals surface area contributed by atoms with Crippen LogP contribution in [0.3, 0.4) is 0 Å². The van der Waals surface area contributed by atoms with Crippen molar-refractivity contribution in [3.8, 4) is 11.3 Å². The molecule has 0 spiro atoms. The summed E-state index contributed by atoms with van der Waals surface area (Å²) in [5, 5.41) is 0. The van der Waals surface area contributed by atoms with Crippen LogP contribution in [0.1, 0.15) is 11.5 Å². The van der Waals surface area contributed by atoms with E-state index in [-0.39, 0.29) is 0 Å². The van der Waals surface area contributed by atoms with Gasteiger partial charge >= 0.3 is 0 Å². The van der Waals surface area contributed by atoms with Crippen LogP contribution in [0.2, 0.25) is 0 Å². The van der Waals surface area contributed by atoms with E-state index in [1.807, 2.05) is 25.4 Å². The van der Waals surface area contributed by atoms with E-state index in [9.17, 15) is 0 Å². The van der Waals surface area contributed by atoms with Gasteiger partial charge in [-0.15, -0.1) is 0 Å². The number of hydrogen-bond acceptors (Lipinski definition) is 2. The molecular weight excluding hydrogens is 176 g/mol. The lowest BCUT2D eigenvalue weighted by Gasteiger charge is -1.90. The van der Waals surface area contributed by atoms with Gasteiger partial charge in [-0.2, -0.15) is 0 Å². The van der Waals surface area contributed by atoms with E-state index in [0.717, 1.165) is 29.2 Å². The lowest BCUT2D eigenvalue weighted by atomic mass is 10.2. The maximum Gasteiger partial charge on any atom is 0.108 e. The zero-order valence-electron chi connectivity index (χ0n) is 8.17. The smallest absolute Gasteiger partial charge is 0.108 e. The van der Waals surface area contributed by atoms with Gasteiger partial charge in [0.15, 0.2) is 0 Å². The normalized spacial score (nSPS) is 10.7. The first-order valence-electron chi connectivity index (χ1n) is 4.70. The van der Waals surface area contributed by atoms with Crippen molar-refractivity contribution in [2.75, 3.05) is 6.54 Å². The summed E-state index contributed by atoms with van der Waals surface area (Å²) in [5.41, 5.74) is 8.69. The number of imidazole rings is 1. The van der Waals surface area contributed by atoms with Crippen LogP contribution in [0, 0.1) is 6.92 Å². The maximum absolute atomic E-state index is 5.47. The molecule has 0 fully saturated rings. The van der Waals surface area contributed by atoms with Crippen LogP contribution in [0.4, 0.5) is 0 Å². The summed E-state index contributed by atoms with van der Waals surface area (Å²) in [6.07, 6.45) is 4.63. The van der Waals surface area contributed by atoms with Crippen LogP contribution >= 0.6 is 0 Å². The maximum atomic E-state index is 5.47. The second-order valence-corrected chi connectivity index (χ2v) is 3.30. The molecule has 0 amide bonds. The third kappa shape index (κ3) is 1.56. The molecule has 0 aliphatic rings. The summed E-state index contributed by atoms with van der Waals surface area (Å²) >= 11 is 0. The third-order valence-electron chi connectivity index (χ3n) is 2.19. The Kier molecular flexibility index (Phi) is 2.37. The Labute approximate surface area is 82.6 Å². The number of aromatic amines is 2.